The molecule has 8 heteroatoms. The lowest BCUT2D eigenvalue weighted by atomic mass is 10.2. The highest BCUT2D eigenvalue weighted by Gasteiger charge is 2.23. The van der Waals surface area contributed by atoms with Crippen molar-refractivity contribution in [3.05, 3.63) is 68.4 Å². The first-order valence-electron chi connectivity index (χ1n) is 9.36. The molecule has 2 heterocycles. The number of para-hydroxylation sites is 2. The number of rotatable bonds is 7. The summed E-state index contributed by atoms with van der Waals surface area (Å²) in [6.07, 6.45) is 2.77. The maximum absolute atomic E-state index is 12.7. The zero-order chi connectivity index (χ0) is 20.2. The molecule has 6 nitrogen and oxygen atoms in total. The minimum atomic E-state index is -0.244. The highest BCUT2D eigenvalue weighted by molar-refractivity contribution is 8.00. The van der Waals surface area contributed by atoms with Gasteiger partial charge in [-0.15, -0.1) is 11.3 Å². The summed E-state index contributed by atoms with van der Waals surface area (Å²) < 4.78 is 7.05. The number of aromatic nitrogens is 2. The van der Waals surface area contributed by atoms with Crippen LogP contribution in [0.15, 0.2) is 51.6 Å². The Bertz CT molecular complexity index is 1080. The number of benzene rings is 1. The lowest BCUT2D eigenvalue weighted by Gasteiger charge is -2.14. The summed E-state index contributed by atoms with van der Waals surface area (Å²) in [6, 6.07) is 11.3. The number of amides is 1. The van der Waals surface area contributed by atoms with Crippen LogP contribution in [0.1, 0.15) is 22.6 Å². The number of anilines is 1. The molecular weight excluding hydrogens is 406 g/mol. The Morgan fingerprint density at radius 2 is 2.14 bits per heavy atom. The standard InChI is InChI=1S/C21H21N3O3S2/c1-27-18-10-3-2-8-16(18)22-19(25)13-29-20-15-7-4-9-17(15)24(21(26)23-20)12-14-6-5-11-28-14/h2-3,5-6,8,10-11H,4,7,9,12-13H2,1H3,(H,22,25). The van der Waals surface area contributed by atoms with Crippen LogP contribution in [0.2, 0.25) is 0 Å². The first-order valence-corrected chi connectivity index (χ1v) is 11.2. The Balaban J connectivity index is 1.49. The summed E-state index contributed by atoms with van der Waals surface area (Å²) in [7, 11) is 1.57. The van der Waals surface area contributed by atoms with E-state index in [1.165, 1.54) is 11.8 Å². The first kappa shape index (κ1) is 19.7. The Morgan fingerprint density at radius 3 is 2.93 bits per heavy atom. The third-order valence-electron chi connectivity index (χ3n) is 4.82. The smallest absolute Gasteiger partial charge is 0.349 e. The van der Waals surface area contributed by atoms with E-state index in [1.54, 1.807) is 35.1 Å². The molecule has 1 amide bonds. The summed E-state index contributed by atoms with van der Waals surface area (Å²) in [5.41, 5.74) is 2.55. The van der Waals surface area contributed by atoms with Crippen LogP contribution in [0.4, 0.5) is 5.69 Å². The van der Waals surface area contributed by atoms with Crippen LogP contribution >= 0.6 is 23.1 Å². The second-order valence-corrected chi connectivity index (χ2v) is 8.68. The van der Waals surface area contributed by atoms with Gasteiger partial charge in [-0.05, 0) is 42.8 Å². The molecule has 0 fully saturated rings. The van der Waals surface area contributed by atoms with Crippen molar-refractivity contribution in [1.82, 2.24) is 9.55 Å². The fourth-order valence-corrected chi connectivity index (χ4v) is 5.06. The van der Waals surface area contributed by atoms with E-state index in [4.69, 9.17) is 4.74 Å². The van der Waals surface area contributed by atoms with Gasteiger partial charge in [0.15, 0.2) is 0 Å². The van der Waals surface area contributed by atoms with Crippen molar-refractivity contribution < 1.29 is 9.53 Å². The second-order valence-electron chi connectivity index (χ2n) is 6.68. The molecule has 0 aliphatic heterocycles. The van der Waals surface area contributed by atoms with Gasteiger partial charge in [-0.1, -0.05) is 30.0 Å². The van der Waals surface area contributed by atoms with Gasteiger partial charge in [0.05, 0.1) is 25.1 Å². The van der Waals surface area contributed by atoms with Gasteiger partial charge in [-0.2, -0.15) is 4.98 Å². The van der Waals surface area contributed by atoms with E-state index in [0.29, 0.717) is 23.0 Å². The summed E-state index contributed by atoms with van der Waals surface area (Å²) in [5.74, 6) is 0.642. The van der Waals surface area contributed by atoms with E-state index in [1.807, 2.05) is 29.6 Å². The highest BCUT2D eigenvalue weighted by Crippen LogP contribution is 2.30. The Labute approximate surface area is 176 Å². The van der Waals surface area contributed by atoms with E-state index >= 15 is 0 Å². The van der Waals surface area contributed by atoms with Crippen LogP contribution in [0.3, 0.4) is 0 Å². The zero-order valence-corrected chi connectivity index (χ0v) is 17.6. The minimum absolute atomic E-state index is 0.157. The number of carbonyl (C=O) groups is 1. The molecule has 1 aromatic carbocycles. The monoisotopic (exact) mass is 427 g/mol. The number of hydrogen-bond donors (Lipinski definition) is 1. The number of carbonyl (C=O) groups excluding carboxylic acids is 1. The second kappa shape index (κ2) is 8.84. The molecule has 4 rings (SSSR count). The van der Waals surface area contributed by atoms with Crippen molar-refractivity contribution in [3.8, 4) is 5.75 Å². The van der Waals surface area contributed by atoms with E-state index in [9.17, 15) is 9.59 Å². The number of thiophene rings is 1. The highest BCUT2D eigenvalue weighted by atomic mass is 32.2. The first-order chi connectivity index (χ1) is 14.2. The number of nitrogens with zero attached hydrogens (tertiary/aromatic N) is 2. The fourth-order valence-electron chi connectivity index (χ4n) is 3.50. The quantitative estimate of drug-likeness (QED) is 0.461. The van der Waals surface area contributed by atoms with Crippen LogP contribution in [0, 0.1) is 0 Å². The Kier molecular flexibility index (Phi) is 6.01. The molecule has 0 radical (unpaired) electrons. The zero-order valence-electron chi connectivity index (χ0n) is 16.0. The summed E-state index contributed by atoms with van der Waals surface area (Å²) >= 11 is 2.96. The maximum atomic E-state index is 12.7. The van der Waals surface area contributed by atoms with Crippen molar-refractivity contribution in [1.29, 1.82) is 0 Å². The molecule has 0 saturated carbocycles. The number of fused-ring (bicyclic) bond motifs is 1. The van der Waals surface area contributed by atoms with Gasteiger partial charge < -0.3 is 10.1 Å². The molecule has 1 aliphatic carbocycles. The SMILES string of the molecule is COc1ccccc1NC(=O)CSc1nc(=O)n(Cc2cccs2)c2c1CCC2. The molecule has 0 bridgehead atoms. The molecule has 0 unspecified atom stereocenters. The lowest BCUT2D eigenvalue weighted by molar-refractivity contribution is -0.113. The summed E-state index contributed by atoms with van der Waals surface area (Å²) in [4.78, 5) is 30.5. The topological polar surface area (TPSA) is 73.2 Å². The fraction of sp³-hybridized carbons (Fsp3) is 0.286. The van der Waals surface area contributed by atoms with E-state index < -0.39 is 0 Å². The molecule has 0 saturated heterocycles. The van der Waals surface area contributed by atoms with Crippen LogP contribution in [0.25, 0.3) is 0 Å². The molecule has 3 aromatic rings. The number of methoxy groups -OCH3 is 1. The molecule has 1 aliphatic rings. The van der Waals surface area contributed by atoms with Gasteiger partial charge in [-0.3, -0.25) is 9.36 Å². The van der Waals surface area contributed by atoms with Gasteiger partial charge in [0, 0.05) is 16.1 Å². The largest absolute Gasteiger partial charge is 0.495 e. The van der Waals surface area contributed by atoms with Gasteiger partial charge in [0.25, 0.3) is 0 Å². The van der Waals surface area contributed by atoms with Crippen LogP contribution < -0.4 is 15.7 Å². The molecular formula is C21H21N3O3S2. The van der Waals surface area contributed by atoms with Crippen molar-refractivity contribution in [2.45, 2.75) is 30.8 Å². The maximum Gasteiger partial charge on any atom is 0.349 e. The molecule has 1 N–H and O–H groups in total. The summed E-state index contributed by atoms with van der Waals surface area (Å²) in [6.45, 7) is 0.561. The number of nitrogens with one attached hydrogen (secondary N) is 1. The average molecular weight is 428 g/mol. The lowest BCUT2D eigenvalue weighted by Crippen LogP contribution is -2.27. The van der Waals surface area contributed by atoms with E-state index in [-0.39, 0.29) is 17.3 Å². The van der Waals surface area contributed by atoms with Crippen molar-refractivity contribution in [3.63, 3.8) is 0 Å². The Morgan fingerprint density at radius 1 is 1.28 bits per heavy atom. The van der Waals surface area contributed by atoms with Gasteiger partial charge >= 0.3 is 5.69 Å². The van der Waals surface area contributed by atoms with Crippen molar-refractivity contribution >= 4 is 34.7 Å². The van der Waals surface area contributed by atoms with Crippen LogP contribution in [-0.4, -0.2) is 28.3 Å². The molecule has 2 aromatic heterocycles. The molecule has 0 atom stereocenters. The predicted molar refractivity (Wildman–Crippen MR) is 116 cm³/mol. The van der Waals surface area contributed by atoms with Gasteiger partial charge in [0.1, 0.15) is 10.8 Å². The van der Waals surface area contributed by atoms with Gasteiger partial charge in [-0.25, -0.2) is 4.79 Å². The van der Waals surface area contributed by atoms with Crippen molar-refractivity contribution in [2.75, 3.05) is 18.2 Å². The number of hydrogen-bond acceptors (Lipinski definition) is 6. The molecule has 0 spiro atoms. The van der Waals surface area contributed by atoms with Crippen LogP contribution in [-0.2, 0) is 24.2 Å². The van der Waals surface area contributed by atoms with Gasteiger partial charge in [0.2, 0.25) is 5.91 Å². The minimum Gasteiger partial charge on any atom is -0.495 e. The summed E-state index contributed by atoms with van der Waals surface area (Å²) in [5, 5.41) is 5.55. The Hall–Kier alpha value is -2.58. The number of thioether (sulfide) groups is 1. The average Bonchev–Trinajstić information content (AvgIpc) is 3.41. The van der Waals surface area contributed by atoms with Crippen LogP contribution in [0.5, 0.6) is 5.75 Å². The number of ether oxygens (including phenoxy) is 1. The molecule has 150 valence electrons. The van der Waals surface area contributed by atoms with E-state index in [0.717, 1.165) is 35.4 Å². The third kappa shape index (κ3) is 4.38. The van der Waals surface area contributed by atoms with Crippen molar-refractivity contribution in [2.24, 2.45) is 0 Å². The van der Waals surface area contributed by atoms with E-state index in [2.05, 4.69) is 10.3 Å². The predicted octanol–water partition coefficient (Wildman–Crippen LogP) is 3.58. The third-order valence-corrected chi connectivity index (χ3v) is 6.69. The normalized spacial score (nSPS) is 12.6. The molecule has 29 heavy (non-hydrogen) atoms.